The minimum absolute atomic E-state index is 0.0570. The normalized spacial score (nSPS) is 18.0. The van der Waals surface area contributed by atoms with Crippen LogP contribution in [0.15, 0.2) is 12.2 Å². The highest BCUT2D eigenvalue weighted by atomic mass is 16.7. The summed E-state index contributed by atoms with van der Waals surface area (Å²) in [5.74, 6) is -3.08. The Morgan fingerprint density at radius 3 is 1.10 bits per heavy atom. The fourth-order valence-corrected chi connectivity index (χ4v) is 10.3. The van der Waals surface area contributed by atoms with Gasteiger partial charge in [-0.25, -0.2) is 4.79 Å². The van der Waals surface area contributed by atoms with Crippen molar-refractivity contribution in [1.82, 2.24) is 0 Å². The van der Waals surface area contributed by atoms with Crippen LogP contribution in [0.4, 0.5) is 0 Å². The number of rotatable bonds is 57. The van der Waals surface area contributed by atoms with Gasteiger partial charge in [0.15, 0.2) is 24.6 Å². The molecule has 1 aliphatic heterocycles. The van der Waals surface area contributed by atoms with Crippen molar-refractivity contribution in [2.24, 2.45) is 0 Å². The number of aliphatic carboxylic acids is 1. The van der Waals surface area contributed by atoms with Crippen LogP contribution < -0.4 is 0 Å². The number of unbranched alkanes of at least 4 members (excludes halogenated alkanes) is 41. The van der Waals surface area contributed by atoms with E-state index in [0.29, 0.717) is 19.3 Å². The van der Waals surface area contributed by atoms with E-state index in [0.717, 1.165) is 77.0 Å². The highest BCUT2D eigenvalue weighted by molar-refractivity contribution is 5.74. The molecule has 77 heavy (non-hydrogen) atoms. The van der Waals surface area contributed by atoms with Gasteiger partial charge in [0, 0.05) is 19.3 Å². The third-order valence-electron chi connectivity index (χ3n) is 15.3. The number of carbonyl (C=O) groups is 4. The second kappa shape index (κ2) is 54.1. The first-order valence-corrected chi connectivity index (χ1v) is 32.7. The van der Waals surface area contributed by atoms with E-state index in [4.69, 9.17) is 23.7 Å². The molecule has 0 aromatic carbocycles. The Morgan fingerprint density at radius 1 is 0.416 bits per heavy atom. The summed E-state index contributed by atoms with van der Waals surface area (Å²) in [7, 11) is 0. The zero-order valence-corrected chi connectivity index (χ0v) is 50.0. The van der Waals surface area contributed by atoms with Gasteiger partial charge in [0.2, 0.25) is 0 Å². The molecule has 3 N–H and O–H groups in total. The van der Waals surface area contributed by atoms with Crippen LogP contribution in [0.3, 0.4) is 0 Å². The maximum Gasteiger partial charge on any atom is 0.335 e. The fraction of sp³-hybridized carbons (Fsp3) is 0.908. The number of allylic oxidation sites excluding steroid dienone is 2. The smallest absolute Gasteiger partial charge is 0.335 e. The zero-order chi connectivity index (χ0) is 56.1. The number of carboxylic acid groups (broad SMARTS) is 1. The summed E-state index contributed by atoms with van der Waals surface area (Å²) in [4.78, 5) is 51.3. The topological polar surface area (TPSA) is 175 Å². The van der Waals surface area contributed by atoms with Crippen LogP contribution in [0.2, 0.25) is 0 Å². The standard InChI is InChI=1S/C65H120O12/c1-4-7-10-13-16-19-22-25-28-29-32-33-36-39-42-45-48-51-57(66)73-54-56(75-58(67)52-49-46-43-40-37-34-30-26-23-20-17-14-11-8-5-2)55-74-65-63(61(70)60(69)62(77-65)64(71)72)76-59(68)53-50-47-44-41-38-35-31-27-24-21-18-15-12-9-6-3/h27,31,56,60-63,65,69-70H,4-26,28-30,32-55H2,1-3H3,(H,71,72)/b31-27-. The quantitative estimate of drug-likeness (QED) is 0.0228. The molecule has 1 heterocycles. The largest absolute Gasteiger partial charge is 0.479 e. The van der Waals surface area contributed by atoms with Gasteiger partial charge in [-0.15, -0.1) is 0 Å². The Balaban J connectivity index is 2.64. The molecule has 12 nitrogen and oxygen atoms in total. The van der Waals surface area contributed by atoms with Crippen molar-refractivity contribution in [3.63, 3.8) is 0 Å². The van der Waals surface area contributed by atoms with Crippen molar-refractivity contribution in [3.05, 3.63) is 12.2 Å². The van der Waals surface area contributed by atoms with Crippen LogP contribution in [0.5, 0.6) is 0 Å². The average Bonchev–Trinajstić information content (AvgIpc) is 3.43. The molecule has 0 aliphatic carbocycles. The molecule has 6 atom stereocenters. The summed E-state index contributed by atoms with van der Waals surface area (Å²) in [6, 6.07) is 0. The Morgan fingerprint density at radius 2 is 0.740 bits per heavy atom. The second-order valence-corrected chi connectivity index (χ2v) is 22.8. The highest BCUT2D eigenvalue weighted by Gasteiger charge is 2.50. The summed E-state index contributed by atoms with van der Waals surface area (Å²) in [5, 5.41) is 31.6. The van der Waals surface area contributed by atoms with Gasteiger partial charge in [-0.1, -0.05) is 277 Å². The first-order chi connectivity index (χ1) is 37.6. The number of hydrogen-bond donors (Lipinski definition) is 3. The number of carbonyl (C=O) groups excluding carboxylic acids is 3. The summed E-state index contributed by atoms with van der Waals surface area (Å²) in [6.45, 7) is 6.05. The van der Waals surface area contributed by atoms with Gasteiger partial charge in [-0.05, 0) is 44.9 Å². The number of hydrogen-bond acceptors (Lipinski definition) is 11. The number of ether oxygens (including phenoxy) is 5. The number of aliphatic hydroxyl groups excluding tert-OH is 2. The second-order valence-electron chi connectivity index (χ2n) is 22.8. The Kier molecular flexibility index (Phi) is 50.9. The van der Waals surface area contributed by atoms with Crippen molar-refractivity contribution >= 4 is 23.9 Å². The molecule has 0 aromatic heterocycles. The molecule has 0 saturated carbocycles. The zero-order valence-electron chi connectivity index (χ0n) is 50.0. The number of carboxylic acids is 1. The number of aliphatic hydroxyl groups is 2. The lowest BCUT2D eigenvalue weighted by Crippen LogP contribution is -2.61. The molecule has 12 heteroatoms. The summed E-state index contributed by atoms with van der Waals surface area (Å²) in [5.41, 5.74) is 0. The molecule has 0 radical (unpaired) electrons. The lowest BCUT2D eigenvalue weighted by atomic mass is 9.98. The molecule has 0 amide bonds. The molecule has 1 rings (SSSR count). The first-order valence-electron chi connectivity index (χ1n) is 32.7. The van der Waals surface area contributed by atoms with Gasteiger partial charge >= 0.3 is 23.9 Å². The minimum atomic E-state index is -1.90. The fourth-order valence-electron chi connectivity index (χ4n) is 10.3. The predicted molar refractivity (Wildman–Crippen MR) is 313 cm³/mol. The van der Waals surface area contributed by atoms with Crippen LogP contribution in [0.25, 0.3) is 0 Å². The van der Waals surface area contributed by atoms with Crippen molar-refractivity contribution in [3.8, 4) is 0 Å². The minimum Gasteiger partial charge on any atom is -0.479 e. The van der Waals surface area contributed by atoms with Crippen molar-refractivity contribution < 1.29 is 58.2 Å². The van der Waals surface area contributed by atoms with E-state index in [1.165, 1.54) is 193 Å². The van der Waals surface area contributed by atoms with Crippen LogP contribution in [-0.2, 0) is 42.9 Å². The van der Waals surface area contributed by atoms with Crippen LogP contribution >= 0.6 is 0 Å². The first kappa shape index (κ1) is 72.5. The molecule has 6 unspecified atom stereocenters. The third kappa shape index (κ3) is 43.9. The van der Waals surface area contributed by atoms with Gasteiger partial charge in [0.05, 0.1) is 6.61 Å². The van der Waals surface area contributed by atoms with E-state index >= 15 is 0 Å². The van der Waals surface area contributed by atoms with Gasteiger partial charge in [0.1, 0.15) is 18.8 Å². The molecular formula is C65H120O12. The van der Waals surface area contributed by atoms with E-state index in [1.807, 2.05) is 0 Å². The molecule has 0 bridgehead atoms. The lowest BCUT2D eigenvalue weighted by Gasteiger charge is -2.40. The van der Waals surface area contributed by atoms with Crippen LogP contribution in [-0.4, -0.2) is 89.2 Å². The van der Waals surface area contributed by atoms with Crippen molar-refractivity contribution in [2.75, 3.05) is 13.2 Å². The highest BCUT2D eigenvalue weighted by Crippen LogP contribution is 2.27. The molecule has 0 aromatic rings. The molecule has 0 spiro atoms. The van der Waals surface area contributed by atoms with Gasteiger partial charge < -0.3 is 39.0 Å². The Labute approximate surface area is 471 Å². The molecule has 1 saturated heterocycles. The summed E-state index contributed by atoms with van der Waals surface area (Å²) >= 11 is 0. The third-order valence-corrected chi connectivity index (χ3v) is 15.3. The molecule has 1 fully saturated rings. The average molecular weight is 1090 g/mol. The van der Waals surface area contributed by atoms with E-state index in [9.17, 15) is 34.5 Å². The predicted octanol–water partition coefficient (Wildman–Crippen LogP) is 17.2. The van der Waals surface area contributed by atoms with Gasteiger partial charge in [0.25, 0.3) is 0 Å². The van der Waals surface area contributed by atoms with E-state index < -0.39 is 67.3 Å². The molecular weight excluding hydrogens is 973 g/mol. The maximum atomic E-state index is 13.2. The SMILES string of the molecule is CCCCCCCC/C=C\CCCCCCCC(=O)OC1C(OCC(COC(=O)CCCCCCCCCCCCCCCCCCC)OC(=O)CCCCCCCCCCCCCCCCC)OC(C(=O)O)C(O)C1O. The van der Waals surface area contributed by atoms with E-state index in [1.54, 1.807) is 0 Å². The number of esters is 3. The van der Waals surface area contributed by atoms with Crippen LogP contribution in [0.1, 0.15) is 329 Å². The van der Waals surface area contributed by atoms with Crippen molar-refractivity contribution in [1.29, 1.82) is 0 Å². The Bertz CT molecular complexity index is 1390. The van der Waals surface area contributed by atoms with Crippen LogP contribution in [0, 0.1) is 0 Å². The van der Waals surface area contributed by atoms with E-state index in [2.05, 4.69) is 32.9 Å². The summed E-state index contributed by atoms with van der Waals surface area (Å²) in [6.07, 6.45) is 48.8. The summed E-state index contributed by atoms with van der Waals surface area (Å²) < 4.78 is 28.5. The lowest BCUT2D eigenvalue weighted by molar-refractivity contribution is -0.301. The monoisotopic (exact) mass is 1090 g/mol. The molecule has 452 valence electrons. The van der Waals surface area contributed by atoms with E-state index in [-0.39, 0.29) is 25.9 Å². The molecule has 1 aliphatic rings. The Hall–Kier alpha value is -2.54. The van der Waals surface area contributed by atoms with Gasteiger partial charge in [-0.3, -0.25) is 14.4 Å². The van der Waals surface area contributed by atoms with Gasteiger partial charge in [-0.2, -0.15) is 0 Å². The maximum absolute atomic E-state index is 13.2. The van der Waals surface area contributed by atoms with Crippen molar-refractivity contribution in [2.45, 2.75) is 366 Å².